The summed E-state index contributed by atoms with van der Waals surface area (Å²) in [6.45, 7) is 2.48. The summed E-state index contributed by atoms with van der Waals surface area (Å²) in [6, 6.07) is 1.73. The summed E-state index contributed by atoms with van der Waals surface area (Å²) in [5.74, 6) is -2.16. The van der Waals surface area contributed by atoms with E-state index in [1.54, 1.807) is 0 Å². The Bertz CT molecular complexity index is 747. The highest BCUT2D eigenvalue weighted by Gasteiger charge is 2.70. The molecule has 0 saturated carbocycles. The second-order valence-electron chi connectivity index (χ2n) is 6.42. The highest BCUT2D eigenvalue weighted by Crippen LogP contribution is 2.61. The van der Waals surface area contributed by atoms with Gasteiger partial charge in [0.2, 0.25) is 0 Å². The number of ether oxygens (including phenoxy) is 3. The predicted octanol–water partition coefficient (Wildman–Crippen LogP) is 2.11. The molecular formula is C18H22N2O5S2. The van der Waals surface area contributed by atoms with E-state index in [1.165, 1.54) is 37.7 Å². The molecular weight excluding hydrogens is 388 g/mol. The molecule has 0 N–H and O–H groups in total. The Labute approximate surface area is 167 Å². The van der Waals surface area contributed by atoms with Crippen LogP contribution in [0.25, 0.3) is 0 Å². The van der Waals surface area contributed by atoms with Gasteiger partial charge in [-0.25, -0.2) is 0 Å². The third-order valence-corrected chi connectivity index (χ3v) is 7.85. The number of piperidine rings is 1. The van der Waals surface area contributed by atoms with Gasteiger partial charge in [-0.1, -0.05) is 30.8 Å². The molecule has 3 aliphatic heterocycles. The van der Waals surface area contributed by atoms with Gasteiger partial charge in [0.25, 0.3) is 0 Å². The van der Waals surface area contributed by atoms with Crippen molar-refractivity contribution in [1.82, 2.24) is 4.90 Å². The molecule has 0 spiro atoms. The number of rotatable bonds is 6. The van der Waals surface area contributed by atoms with Gasteiger partial charge in [-0.15, -0.1) is 11.8 Å². The molecule has 0 aromatic carbocycles. The van der Waals surface area contributed by atoms with Gasteiger partial charge in [0.15, 0.2) is 4.75 Å². The van der Waals surface area contributed by atoms with E-state index in [0.717, 1.165) is 6.42 Å². The summed E-state index contributed by atoms with van der Waals surface area (Å²) in [6.07, 6.45) is 5.92. The van der Waals surface area contributed by atoms with Gasteiger partial charge < -0.3 is 19.1 Å². The van der Waals surface area contributed by atoms with Crippen molar-refractivity contribution in [3.05, 3.63) is 22.1 Å². The van der Waals surface area contributed by atoms with E-state index in [2.05, 4.69) is 6.07 Å². The van der Waals surface area contributed by atoms with Crippen LogP contribution in [0.5, 0.6) is 0 Å². The van der Waals surface area contributed by atoms with Crippen LogP contribution in [0.3, 0.4) is 0 Å². The fourth-order valence-corrected chi connectivity index (χ4v) is 6.64. The number of nitriles is 1. The number of carbonyl (C=O) groups excluding carboxylic acids is 2. The van der Waals surface area contributed by atoms with Gasteiger partial charge in [-0.05, 0) is 12.7 Å². The number of methoxy groups -OCH3 is 2. The van der Waals surface area contributed by atoms with Crippen LogP contribution in [0.1, 0.15) is 13.3 Å². The zero-order valence-corrected chi connectivity index (χ0v) is 17.3. The van der Waals surface area contributed by atoms with Crippen LogP contribution in [-0.4, -0.2) is 60.9 Å². The number of carbonyl (C=O) groups is 2. The van der Waals surface area contributed by atoms with Gasteiger partial charge >= 0.3 is 11.9 Å². The van der Waals surface area contributed by atoms with E-state index in [0.29, 0.717) is 16.5 Å². The first-order valence-electron chi connectivity index (χ1n) is 8.63. The van der Waals surface area contributed by atoms with Crippen LogP contribution in [0, 0.1) is 23.2 Å². The Hall–Kier alpha value is -1.63. The standard InChI is InChI=1S/C18H22N2O5S2/c1-5-8-25-14-10-6-7-12-18(17(22)24-3,13(10)15(21)23-2)27-16(26-4)11(9-19)20(12)14/h6-7,10,12-14H,5,8H2,1-4H3. The Morgan fingerprint density at radius 2 is 2.11 bits per heavy atom. The number of nitrogens with zero attached hydrogens (tertiary/aromatic N) is 2. The van der Waals surface area contributed by atoms with Crippen molar-refractivity contribution in [1.29, 1.82) is 5.26 Å². The Morgan fingerprint density at radius 1 is 1.37 bits per heavy atom. The lowest BCUT2D eigenvalue weighted by atomic mass is 9.66. The third-order valence-electron chi connectivity index (χ3n) is 5.16. The van der Waals surface area contributed by atoms with E-state index >= 15 is 0 Å². The third kappa shape index (κ3) is 2.77. The van der Waals surface area contributed by atoms with E-state index in [-0.39, 0.29) is 0 Å². The molecule has 0 aromatic heterocycles. The van der Waals surface area contributed by atoms with Gasteiger partial charge in [-0.2, -0.15) is 5.26 Å². The first kappa shape index (κ1) is 20.1. The molecule has 27 heavy (non-hydrogen) atoms. The maximum atomic E-state index is 13.0. The second kappa shape index (κ2) is 7.78. The molecule has 4 bridgehead atoms. The fourth-order valence-electron chi connectivity index (χ4n) is 4.14. The summed E-state index contributed by atoms with van der Waals surface area (Å²) in [5.41, 5.74) is 0.468. The molecule has 146 valence electrons. The first-order valence-corrected chi connectivity index (χ1v) is 10.7. The van der Waals surface area contributed by atoms with Crippen molar-refractivity contribution >= 4 is 35.5 Å². The highest BCUT2D eigenvalue weighted by atomic mass is 32.2. The second-order valence-corrected chi connectivity index (χ2v) is 8.78. The molecule has 0 amide bonds. The lowest BCUT2D eigenvalue weighted by Crippen LogP contribution is -2.74. The maximum Gasteiger partial charge on any atom is 0.325 e. The van der Waals surface area contributed by atoms with E-state index in [1.807, 2.05) is 30.2 Å². The molecule has 4 rings (SSSR count). The predicted molar refractivity (Wildman–Crippen MR) is 102 cm³/mol. The van der Waals surface area contributed by atoms with Crippen molar-refractivity contribution in [2.75, 3.05) is 27.1 Å². The molecule has 1 aliphatic carbocycles. The van der Waals surface area contributed by atoms with Crippen molar-refractivity contribution in [2.45, 2.75) is 30.4 Å². The molecule has 3 heterocycles. The lowest BCUT2D eigenvalue weighted by Gasteiger charge is -2.61. The topological polar surface area (TPSA) is 88.9 Å². The molecule has 5 atom stereocenters. The molecule has 4 aliphatic rings. The van der Waals surface area contributed by atoms with Crippen LogP contribution in [0.2, 0.25) is 0 Å². The van der Waals surface area contributed by atoms with E-state index < -0.39 is 40.8 Å². The minimum atomic E-state index is -1.22. The van der Waals surface area contributed by atoms with Crippen LogP contribution in [-0.2, 0) is 23.8 Å². The van der Waals surface area contributed by atoms with Gasteiger partial charge in [0.1, 0.15) is 18.0 Å². The van der Waals surface area contributed by atoms with Crippen LogP contribution in [0.15, 0.2) is 22.1 Å². The van der Waals surface area contributed by atoms with Gasteiger partial charge in [0, 0.05) is 12.5 Å². The summed E-state index contributed by atoms with van der Waals surface area (Å²) >= 11 is 2.61. The monoisotopic (exact) mass is 410 g/mol. The smallest absolute Gasteiger partial charge is 0.325 e. The molecule has 0 aromatic rings. The minimum absolute atomic E-state index is 0.424. The SMILES string of the molecule is CCCOC1C2C=CC3N1C(C#N)=C(SC)SC3(C(=O)OC)C2C(=O)OC. The van der Waals surface area contributed by atoms with Gasteiger partial charge in [0.05, 0.1) is 30.4 Å². The Balaban J connectivity index is 2.24. The Morgan fingerprint density at radius 3 is 2.67 bits per heavy atom. The van der Waals surface area contributed by atoms with E-state index in [9.17, 15) is 14.9 Å². The zero-order chi connectivity index (χ0) is 19.8. The number of hydrogen-bond donors (Lipinski definition) is 0. The van der Waals surface area contributed by atoms with Crippen molar-refractivity contribution < 1.29 is 23.8 Å². The van der Waals surface area contributed by atoms with Crippen LogP contribution in [0.4, 0.5) is 0 Å². The molecule has 7 nitrogen and oxygen atoms in total. The number of hydrogen-bond acceptors (Lipinski definition) is 9. The molecule has 9 heteroatoms. The average Bonchev–Trinajstić information content (AvgIpc) is 2.71. The number of esters is 2. The van der Waals surface area contributed by atoms with Crippen molar-refractivity contribution in [2.24, 2.45) is 11.8 Å². The summed E-state index contributed by atoms with van der Waals surface area (Å²) in [5, 5.41) is 9.81. The van der Waals surface area contributed by atoms with Gasteiger partial charge in [-0.3, -0.25) is 9.59 Å². The molecule has 1 saturated heterocycles. The summed E-state index contributed by atoms with van der Waals surface area (Å²) < 4.78 is 15.7. The normalized spacial score (nSPS) is 33.7. The highest BCUT2D eigenvalue weighted by molar-refractivity contribution is 8.23. The fraction of sp³-hybridized carbons (Fsp3) is 0.611. The average molecular weight is 411 g/mol. The quantitative estimate of drug-likeness (QED) is 0.482. The van der Waals surface area contributed by atoms with Crippen LogP contribution >= 0.6 is 23.5 Å². The molecule has 1 fully saturated rings. The number of thioether (sulfide) groups is 2. The summed E-state index contributed by atoms with van der Waals surface area (Å²) in [4.78, 5) is 27.7. The summed E-state index contributed by atoms with van der Waals surface area (Å²) in [7, 11) is 2.63. The Kier molecular flexibility index (Phi) is 5.79. The maximum absolute atomic E-state index is 13.0. The molecule has 5 unspecified atom stereocenters. The zero-order valence-electron chi connectivity index (χ0n) is 15.6. The van der Waals surface area contributed by atoms with Crippen molar-refractivity contribution in [3.8, 4) is 6.07 Å². The van der Waals surface area contributed by atoms with E-state index in [4.69, 9.17) is 14.2 Å². The first-order chi connectivity index (χ1) is 13.0. The molecule has 0 radical (unpaired) electrons. The number of allylic oxidation sites excluding steroid dienone is 1. The largest absolute Gasteiger partial charge is 0.469 e. The minimum Gasteiger partial charge on any atom is -0.469 e. The van der Waals surface area contributed by atoms with Crippen LogP contribution < -0.4 is 0 Å². The van der Waals surface area contributed by atoms with Crippen molar-refractivity contribution in [3.63, 3.8) is 0 Å². The lowest BCUT2D eigenvalue weighted by molar-refractivity contribution is -0.181.